The molecule has 0 amide bonds. The molecule has 2 aromatic rings. The van der Waals surface area contributed by atoms with E-state index >= 15 is 0 Å². The third-order valence-corrected chi connectivity index (χ3v) is 7.30. The van der Waals surface area contributed by atoms with E-state index in [1.165, 1.54) is 53.1 Å². The lowest BCUT2D eigenvalue weighted by Crippen LogP contribution is -2.37. The third-order valence-electron chi connectivity index (χ3n) is 6.24. The SMILES string of the molecule is CC1CN(C)CCC1Cc1nc2cc([C@H]3CC[C@H](C)CN3)ccc2s1. The molecule has 2 fully saturated rings. The number of hydrogen-bond donors (Lipinski definition) is 1. The number of nitrogens with one attached hydrogen (secondary N) is 1. The van der Waals surface area contributed by atoms with Gasteiger partial charge >= 0.3 is 0 Å². The van der Waals surface area contributed by atoms with Gasteiger partial charge < -0.3 is 10.2 Å². The van der Waals surface area contributed by atoms with Crippen molar-refractivity contribution in [3.8, 4) is 0 Å². The molecule has 2 aliphatic rings. The molecule has 0 radical (unpaired) electrons. The first-order valence-electron chi connectivity index (χ1n) is 9.90. The van der Waals surface area contributed by atoms with Crippen molar-refractivity contribution in [3.63, 3.8) is 0 Å². The minimum Gasteiger partial charge on any atom is -0.310 e. The van der Waals surface area contributed by atoms with Crippen LogP contribution in [0.15, 0.2) is 18.2 Å². The maximum absolute atomic E-state index is 5.01. The summed E-state index contributed by atoms with van der Waals surface area (Å²) >= 11 is 1.90. The monoisotopic (exact) mass is 357 g/mol. The third kappa shape index (κ3) is 3.91. The molecule has 4 atom stereocenters. The van der Waals surface area contributed by atoms with E-state index in [1.54, 1.807) is 0 Å². The Morgan fingerprint density at radius 1 is 1.24 bits per heavy atom. The predicted molar refractivity (Wildman–Crippen MR) is 107 cm³/mol. The van der Waals surface area contributed by atoms with E-state index < -0.39 is 0 Å². The molecule has 3 nitrogen and oxygen atoms in total. The number of nitrogens with zero attached hydrogens (tertiary/aromatic N) is 2. The van der Waals surface area contributed by atoms with Gasteiger partial charge in [0.05, 0.1) is 15.2 Å². The molecule has 1 N–H and O–H groups in total. The Labute approximate surface area is 155 Å². The second-order valence-electron chi connectivity index (χ2n) is 8.47. The summed E-state index contributed by atoms with van der Waals surface area (Å²) in [6.07, 6.45) is 5.04. The van der Waals surface area contributed by atoms with Gasteiger partial charge in [0.25, 0.3) is 0 Å². The normalized spacial score (nSPS) is 31.5. The van der Waals surface area contributed by atoms with Crippen LogP contribution in [0.25, 0.3) is 10.2 Å². The number of likely N-dealkylation sites (tertiary alicyclic amines) is 1. The smallest absolute Gasteiger partial charge is 0.0941 e. The molecular formula is C21H31N3S. The van der Waals surface area contributed by atoms with Gasteiger partial charge in [-0.05, 0) is 74.8 Å². The summed E-state index contributed by atoms with van der Waals surface area (Å²) in [7, 11) is 2.24. The molecule has 3 heterocycles. The van der Waals surface area contributed by atoms with Crippen molar-refractivity contribution < 1.29 is 0 Å². The van der Waals surface area contributed by atoms with Crippen LogP contribution >= 0.6 is 11.3 Å². The number of aromatic nitrogens is 1. The van der Waals surface area contributed by atoms with Gasteiger partial charge in [-0.25, -0.2) is 4.98 Å². The Balaban J connectivity index is 1.48. The van der Waals surface area contributed by atoms with Crippen molar-refractivity contribution in [2.75, 3.05) is 26.7 Å². The summed E-state index contributed by atoms with van der Waals surface area (Å²) in [5, 5.41) is 5.04. The fraction of sp³-hybridized carbons (Fsp3) is 0.667. The maximum atomic E-state index is 5.01. The van der Waals surface area contributed by atoms with Crippen LogP contribution in [0.1, 0.15) is 49.7 Å². The van der Waals surface area contributed by atoms with Crippen LogP contribution in [0.3, 0.4) is 0 Å². The summed E-state index contributed by atoms with van der Waals surface area (Å²) in [5.74, 6) is 2.37. The van der Waals surface area contributed by atoms with E-state index in [9.17, 15) is 0 Å². The zero-order valence-corrected chi connectivity index (χ0v) is 16.6. The summed E-state index contributed by atoms with van der Waals surface area (Å²) in [4.78, 5) is 7.47. The van der Waals surface area contributed by atoms with Crippen LogP contribution in [0, 0.1) is 17.8 Å². The van der Waals surface area contributed by atoms with Crippen molar-refractivity contribution in [2.45, 2.75) is 45.6 Å². The van der Waals surface area contributed by atoms with Gasteiger partial charge in [-0.1, -0.05) is 19.9 Å². The van der Waals surface area contributed by atoms with Crippen LogP contribution in [0.4, 0.5) is 0 Å². The lowest BCUT2D eigenvalue weighted by Gasteiger charge is -2.34. The molecule has 0 saturated carbocycles. The average Bonchev–Trinajstić information content (AvgIpc) is 2.99. The molecule has 4 rings (SSSR count). The topological polar surface area (TPSA) is 28.2 Å². The first kappa shape index (κ1) is 17.4. The first-order chi connectivity index (χ1) is 12.1. The van der Waals surface area contributed by atoms with Gasteiger partial charge in [0.1, 0.15) is 0 Å². The summed E-state index contributed by atoms with van der Waals surface area (Å²) in [6, 6.07) is 7.46. The standard InChI is InChI=1S/C21H31N3S/c1-14-4-6-18(22-12-14)17-5-7-20-19(10-17)23-21(25-20)11-16-8-9-24(3)13-15(16)2/h5,7,10,14-16,18,22H,4,6,8-9,11-13H2,1-3H3/t14-,15?,16?,18+/m0/s1. The molecule has 0 aliphatic carbocycles. The van der Waals surface area contributed by atoms with Crippen molar-refractivity contribution in [1.82, 2.24) is 15.2 Å². The Bertz CT molecular complexity index is 717. The summed E-state index contributed by atoms with van der Waals surface area (Å²) in [6.45, 7) is 8.34. The molecular weight excluding hydrogens is 326 g/mol. The molecule has 0 bridgehead atoms. The minimum absolute atomic E-state index is 0.514. The van der Waals surface area contributed by atoms with Gasteiger partial charge in [-0.2, -0.15) is 0 Å². The van der Waals surface area contributed by atoms with Gasteiger partial charge in [0, 0.05) is 19.0 Å². The minimum atomic E-state index is 0.514. The number of benzene rings is 1. The van der Waals surface area contributed by atoms with E-state index in [1.807, 2.05) is 11.3 Å². The van der Waals surface area contributed by atoms with E-state index in [-0.39, 0.29) is 0 Å². The molecule has 2 saturated heterocycles. The maximum Gasteiger partial charge on any atom is 0.0941 e. The lowest BCUT2D eigenvalue weighted by molar-refractivity contribution is 0.154. The summed E-state index contributed by atoms with van der Waals surface area (Å²) in [5.41, 5.74) is 2.63. The Kier molecular flexibility index (Phi) is 5.12. The molecule has 136 valence electrons. The van der Waals surface area contributed by atoms with E-state index in [0.29, 0.717) is 6.04 Å². The van der Waals surface area contributed by atoms with Crippen molar-refractivity contribution in [2.24, 2.45) is 17.8 Å². The van der Waals surface area contributed by atoms with Crippen LogP contribution in [-0.2, 0) is 6.42 Å². The second kappa shape index (κ2) is 7.34. The zero-order valence-electron chi connectivity index (χ0n) is 15.8. The Morgan fingerprint density at radius 3 is 2.88 bits per heavy atom. The fourth-order valence-corrected chi connectivity index (χ4v) is 5.55. The predicted octanol–water partition coefficient (Wildman–Crippen LogP) is 4.49. The van der Waals surface area contributed by atoms with Crippen LogP contribution in [0.2, 0.25) is 0 Å². The number of thiazole rings is 1. The van der Waals surface area contributed by atoms with Gasteiger partial charge in [0.2, 0.25) is 0 Å². The highest BCUT2D eigenvalue weighted by molar-refractivity contribution is 7.18. The Hall–Kier alpha value is -0.970. The second-order valence-corrected chi connectivity index (χ2v) is 9.59. The quantitative estimate of drug-likeness (QED) is 0.877. The highest BCUT2D eigenvalue weighted by Crippen LogP contribution is 2.32. The fourth-order valence-electron chi connectivity index (χ4n) is 4.51. The van der Waals surface area contributed by atoms with Crippen LogP contribution in [0.5, 0.6) is 0 Å². The highest BCUT2D eigenvalue weighted by atomic mass is 32.1. The van der Waals surface area contributed by atoms with Crippen molar-refractivity contribution in [3.05, 3.63) is 28.8 Å². The molecule has 25 heavy (non-hydrogen) atoms. The molecule has 1 aromatic heterocycles. The van der Waals surface area contributed by atoms with E-state index in [2.05, 4.69) is 49.3 Å². The molecule has 0 spiro atoms. The van der Waals surface area contributed by atoms with E-state index in [0.717, 1.165) is 30.7 Å². The van der Waals surface area contributed by atoms with Gasteiger partial charge in [0.15, 0.2) is 0 Å². The van der Waals surface area contributed by atoms with Crippen molar-refractivity contribution >= 4 is 21.6 Å². The van der Waals surface area contributed by atoms with Crippen molar-refractivity contribution in [1.29, 1.82) is 0 Å². The molecule has 2 unspecified atom stereocenters. The van der Waals surface area contributed by atoms with Crippen LogP contribution < -0.4 is 5.32 Å². The van der Waals surface area contributed by atoms with Crippen LogP contribution in [-0.4, -0.2) is 36.6 Å². The molecule has 1 aromatic carbocycles. The summed E-state index contributed by atoms with van der Waals surface area (Å²) < 4.78 is 1.35. The van der Waals surface area contributed by atoms with Gasteiger partial charge in [-0.3, -0.25) is 0 Å². The number of hydrogen-bond acceptors (Lipinski definition) is 4. The van der Waals surface area contributed by atoms with E-state index in [4.69, 9.17) is 4.98 Å². The van der Waals surface area contributed by atoms with Gasteiger partial charge in [-0.15, -0.1) is 11.3 Å². The number of rotatable bonds is 3. The molecule has 2 aliphatic heterocycles. The number of fused-ring (bicyclic) bond motifs is 1. The molecule has 4 heteroatoms. The zero-order chi connectivity index (χ0) is 17.4. The largest absolute Gasteiger partial charge is 0.310 e. The number of piperidine rings is 2. The highest BCUT2D eigenvalue weighted by Gasteiger charge is 2.25. The Morgan fingerprint density at radius 2 is 2.12 bits per heavy atom. The lowest BCUT2D eigenvalue weighted by atomic mass is 9.85. The first-order valence-corrected chi connectivity index (χ1v) is 10.7. The average molecular weight is 358 g/mol.